The van der Waals surface area contributed by atoms with Crippen LogP contribution >= 0.6 is 12.2 Å². The lowest BCUT2D eigenvalue weighted by atomic mass is 10.00. The first-order valence-corrected chi connectivity index (χ1v) is 5.68. The maximum Gasteiger partial charge on any atom is 0.0620 e. The van der Waals surface area contributed by atoms with E-state index in [1.165, 1.54) is 19.3 Å². The number of hydrogen-bond donors (Lipinski definition) is 1. The first kappa shape index (κ1) is 11.8. The number of aliphatic hydroxyl groups is 1. The molecule has 80 valence electrons. The van der Waals surface area contributed by atoms with Gasteiger partial charge in [-0.25, -0.2) is 4.99 Å². The molecule has 0 bridgehead atoms. The maximum absolute atomic E-state index is 8.93. The predicted molar refractivity (Wildman–Crippen MR) is 60.8 cm³/mol. The topological polar surface area (TPSA) is 35.8 Å². The van der Waals surface area contributed by atoms with Gasteiger partial charge in [0.1, 0.15) is 0 Å². The van der Waals surface area contributed by atoms with Gasteiger partial charge in [0.25, 0.3) is 0 Å². The molecule has 1 fully saturated rings. The Balaban J connectivity index is 2.33. The van der Waals surface area contributed by atoms with Gasteiger partial charge in [-0.3, -0.25) is 4.90 Å². The Kier molecular flexibility index (Phi) is 5.96. The summed E-state index contributed by atoms with van der Waals surface area (Å²) < 4.78 is 0. The highest BCUT2D eigenvalue weighted by atomic mass is 32.1. The summed E-state index contributed by atoms with van der Waals surface area (Å²) in [7, 11) is 0. The average Bonchev–Trinajstić information content (AvgIpc) is 2.21. The standard InChI is InChI=1S/C10H18N2OS/c13-8-4-10-3-1-2-6-12(10)7-5-11-9-14/h10,13H,1-8H2. The number of nitrogens with zero attached hydrogens (tertiary/aromatic N) is 2. The molecule has 1 saturated heterocycles. The largest absolute Gasteiger partial charge is 0.396 e. The molecular formula is C10H18N2OS. The highest BCUT2D eigenvalue weighted by molar-refractivity contribution is 7.78. The van der Waals surface area contributed by atoms with Crippen LogP contribution in [0.2, 0.25) is 0 Å². The SMILES string of the molecule is OCCC1CCCCN1CCN=C=S. The molecule has 14 heavy (non-hydrogen) atoms. The second-order valence-corrected chi connectivity index (χ2v) is 3.85. The Bertz CT molecular complexity index is 202. The van der Waals surface area contributed by atoms with Crippen molar-refractivity contribution in [1.82, 2.24) is 4.90 Å². The Hall–Kier alpha value is -0.280. The van der Waals surface area contributed by atoms with Crippen LogP contribution in [0.1, 0.15) is 25.7 Å². The third-order valence-corrected chi connectivity index (χ3v) is 2.90. The lowest BCUT2D eigenvalue weighted by molar-refractivity contribution is 0.123. The fourth-order valence-electron chi connectivity index (χ4n) is 2.05. The fourth-order valence-corrected chi connectivity index (χ4v) is 2.15. The van der Waals surface area contributed by atoms with Gasteiger partial charge < -0.3 is 5.11 Å². The van der Waals surface area contributed by atoms with Crippen molar-refractivity contribution in [2.45, 2.75) is 31.7 Å². The molecule has 3 nitrogen and oxygen atoms in total. The number of piperidine rings is 1. The Morgan fingerprint density at radius 2 is 2.36 bits per heavy atom. The number of thiocarbonyl (C=S) groups is 1. The minimum Gasteiger partial charge on any atom is -0.396 e. The van der Waals surface area contributed by atoms with Crippen LogP contribution in [0, 0.1) is 0 Å². The summed E-state index contributed by atoms with van der Waals surface area (Å²) in [6, 6.07) is 0.550. The van der Waals surface area contributed by atoms with Crippen molar-refractivity contribution in [2.24, 2.45) is 4.99 Å². The molecule has 0 amide bonds. The molecule has 1 heterocycles. The van der Waals surface area contributed by atoms with E-state index < -0.39 is 0 Å². The molecule has 4 heteroatoms. The minimum absolute atomic E-state index is 0.289. The number of hydrogen-bond acceptors (Lipinski definition) is 4. The van der Waals surface area contributed by atoms with Crippen LogP contribution in [0.5, 0.6) is 0 Å². The van der Waals surface area contributed by atoms with Gasteiger partial charge >= 0.3 is 0 Å². The van der Waals surface area contributed by atoms with E-state index in [1.807, 2.05) is 0 Å². The molecule has 1 aliphatic rings. The van der Waals surface area contributed by atoms with E-state index in [0.717, 1.165) is 26.1 Å². The Labute approximate surface area is 90.8 Å². The summed E-state index contributed by atoms with van der Waals surface area (Å²) in [5.41, 5.74) is 0. The van der Waals surface area contributed by atoms with Gasteiger partial charge in [0.2, 0.25) is 0 Å². The Morgan fingerprint density at radius 1 is 1.50 bits per heavy atom. The van der Waals surface area contributed by atoms with Crippen LogP contribution < -0.4 is 0 Å². The van der Waals surface area contributed by atoms with Crippen molar-refractivity contribution in [1.29, 1.82) is 0 Å². The molecule has 0 aliphatic carbocycles. The molecule has 0 aromatic heterocycles. The Morgan fingerprint density at radius 3 is 3.07 bits per heavy atom. The van der Waals surface area contributed by atoms with Gasteiger partial charge in [-0.1, -0.05) is 6.42 Å². The van der Waals surface area contributed by atoms with Gasteiger partial charge in [0.05, 0.1) is 11.7 Å². The van der Waals surface area contributed by atoms with Gasteiger partial charge in [-0.15, -0.1) is 0 Å². The van der Waals surface area contributed by atoms with Crippen LogP contribution in [0.15, 0.2) is 4.99 Å². The maximum atomic E-state index is 8.93. The molecule has 1 atom stereocenters. The van der Waals surface area contributed by atoms with Crippen LogP contribution in [0.3, 0.4) is 0 Å². The van der Waals surface area contributed by atoms with Gasteiger partial charge in [-0.2, -0.15) is 0 Å². The molecular weight excluding hydrogens is 196 g/mol. The van der Waals surface area contributed by atoms with Crippen LogP contribution in [0.25, 0.3) is 0 Å². The lowest BCUT2D eigenvalue weighted by Crippen LogP contribution is -2.41. The summed E-state index contributed by atoms with van der Waals surface area (Å²) in [6.07, 6.45) is 4.66. The average molecular weight is 214 g/mol. The summed E-state index contributed by atoms with van der Waals surface area (Å²) >= 11 is 4.52. The number of likely N-dealkylation sites (tertiary alicyclic amines) is 1. The van der Waals surface area contributed by atoms with Gasteiger partial charge in [0.15, 0.2) is 0 Å². The van der Waals surface area contributed by atoms with E-state index in [0.29, 0.717) is 6.04 Å². The van der Waals surface area contributed by atoms with Gasteiger partial charge in [0, 0.05) is 19.2 Å². The fraction of sp³-hybridized carbons (Fsp3) is 0.900. The molecule has 1 N–H and O–H groups in total. The first-order chi connectivity index (χ1) is 6.88. The summed E-state index contributed by atoms with van der Waals surface area (Å²) in [4.78, 5) is 6.33. The van der Waals surface area contributed by atoms with Crippen molar-refractivity contribution < 1.29 is 5.11 Å². The number of rotatable bonds is 5. The second kappa shape index (κ2) is 7.07. The molecule has 0 spiro atoms. The molecule has 0 aromatic carbocycles. The van der Waals surface area contributed by atoms with Crippen LogP contribution in [-0.4, -0.2) is 47.5 Å². The summed E-state index contributed by atoms with van der Waals surface area (Å²) in [6.45, 7) is 3.12. The van der Waals surface area contributed by atoms with E-state index >= 15 is 0 Å². The smallest absolute Gasteiger partial charge is 0.0620 e. The lowest BCUT2D eigenvalue weighted by Gasteiger charge is -2.34. The van der Waals surface area contributed by atoms with Crippen molar-refractivity contribution in [2.75, 3.05) is 26.2 Å². The second-order valence-electron chi connectivity index (χ2n) is 3.67. The predicted octanol–water partition coefficient (Wildman–Crippen LogP) is 1.33. The van der Waals surface area contributed by atoms with Crippen molar-refractivity contribution in [3.8, 4) is 0 Å². The molecule has 1 aliphatic heterocycles. The number of aliphatic imine (C=N–C) groups is 1. The molecule has 1 unspecified atom stereocenters. The molecule has 1 rings (SSSR count). The molecule has 0 saturated carbocycles. The van der Waals surface area contributed by atoms with Crippen LogP contribution in [-0.2, 0) is 0 Å². The third-order valence-electron chi connectivity index (χ3n) is 2.77. The zero-order valence-electron chi connectivity index (χ0n) is 8.48. The van der Waals surface area contributed by atoms with E-state index in [9.17, 15) is 0 Å². The van der Waals surface area contributed by atoms with E-state index in [2.05, 4.69) is 27.3 Å². The first-order valence-electron chi connectivity index (χ1n) is 5.27. The number of isothiocyanates is 1. The van der Waals surface area contributed by atoms with Gasteiger partial charge in [-0.05, 0) is 38.0 Å². The van der Waals surface area contributed by atoms with E-state index in [1.54, 1.807) is 0 Å². The van der Waals surface area contributed by atoms with Crippen molar-refractivity contribution in [3.63, 3.8) is 0 Å². The zero-order chi connectivity index (χ0) is 10.2. The zero-order valence-corrected chi connectivity index (χ0v) is 9.30. The van der Waals surface area contributed by atoms with Crippen LogP contribution in [0.4, 0.5) is 0 Å². The highest BCUT2D eigenvalue weighted by Crippen LogP contribution is 2.18. The quantitative estimate of drug-likeness (QED) is 0.554. The third kappa shape index (κ3) is 3.84. The summed E-state index contributed by atoms with van der Waals surface area (Å²) in [5.74, 6) is 0. The monoisotopic (exact) mass is 214 g/mol. The molecule has 0 aromatic rings. The normalized spacial score (nSPS) is 23.1. The summed E-state index contributed by atoms with van der Waals surface area (Å²) in [5, 5.41) is 11.3. The highest BCUT2D eigenvalue weighted by Gasteiger charge is 2.20. The van der Waals surface area contributed by atoms with E-state index in [-0.39, 0.29) is 6.61 Å². The van der Waals surface area contributed by atoms with E-state index in [4.69, 9.17) is 5.11 Å². The molecule has 0 radical (unpaired) electrons. The minimum atomic E-state index is 0.289. The van der Waals surface area contributed by atoms with Crippen molar-refractivity contribution >= 4 is 17.4 Å². The van der Waals surface area contributed by atoms with Crippen molar-refractivity contribution in [3.05, 3.63) is 0 Å². The number of aliphatic hydroxyl groups excluding tert-OH is 1.